The molecule has 1 heterocycles. The van der Waals surface area contributed by atoms with Gasteiger partial charge < -0.3 is 9.88 Å². The Kier molecular flexibility index (Phi) is 5.73. The van der Waals surface area contributed by atoms with Gasteiger partial charge in [0.2, 0.25) is 0 Å². The lowest BCUT2D eigenvalue weighted by atomic mass is 9.99. The van der Waals surface area contributed by atoms with Gasteiger partial charge >= 0.3 is 0 Å². The lowest BCUT2D eigenvalue weighted by Gasteiger charge is -2.17. The van der Waals surface area contributed by atoms with Crippen LogP contribution in [0.4, 0.5) is 0 Å². The van der Waals surface area contributed by atoms with E-state index in [-0.39, 0.29) is 6.04 Å². The van der Waals surface area contributed by atoms with Crippen LogP contribution >= 0.6 is 11.6 Å². The third kappa shape index (κ3) is 3.92. The Bertz CT molecular complexity index is 1390. The molecular formula is C29H27ClN2. The van der Waals surface area contributed by atoms with Crippen LogP contribution in [-0.2, 0) is 13.1 Å². The van der Waals surface area contributed by atoms with Crippen LogP contribution < -0.4 is 5.32 Å². The largest absolute Gasteiger partial charge is 0.347 e. The standard InChI is InChI=1S/C29H27ClN2/c1-3-32-19-28(23-10-6-11-24(30)17-23)27-16-21(14-15-29(27)32)18-31-20(2)25-13-7-9-22-8-4-5-12-26(22)25/h4-17,19-20,31H,3,18H2,1-2H3. The summed E-state index contributed by atoms with van der Waals surface area (Å²) in [7, 11) is 0. The normalized spacial score (nSPS) is 12.5. The summed E-state index contributed by atoms with van der Waals surface area (Å²) in [6, 6.07) is 30.3. The second kappa shape index (κ2) is 8.82. The molecule has 32 heavy (non-hydrogen) atoms. The van der Waals surface area contributed by atoms with Gasteiger partial charge in [-0.25, -0.2) is 0 Å². The second-order valence-electron chi connectivity index (χ2n) is 8.36. The molecule has 0 fully saturated rings. The molecule has 1 aromatic heterocycles. The minimum absolute atomic E-state index is 0.254. The van der Waals surface area contributed by atoms with Gasteiger partial charge in [-0.05, 0) is 65.6 Å². The molecule has 5 rings (SSSR count). The Morgan fingerprint density at radius 2 is 1.69 bits per heavy atom. The molecule has 1 unspecified atom stereocenters. The summed E-state index contributed by atoms with van der Waals surface area (Å²) in [4.78, 5) is 0. The molecule has 2 nitrogen and oxygen atoms in total. The molecule has 4 aromatic carbocycles. The molecule has 5 aromatic rings. The van der Waals surface area contributed by atoms with E-state index in [2.05, 4.69) is 96.7 Å². The fourth-order valence-corrected chi connectivity index (χ4v) is 4.80. The number of hydrogen-bond acceptors (Lipinski definition) is 1. The Balaban J connectivity index is 1.45. The molecule has 0 amide bonds. The van der Waals surface area contributed by atoms with E-state index >= 15 is 0 Å². The van der Waals surface area contributed by atoms with Crippen molar-refractivity contribution in [3.8, 4) is 11.1 Å². The topological polar surface area (TPSA) is 17.0 Å². The summed E-state index contributed by atoms with van der Waals surface area (Å²) in [5.74, 6) is 0. The molecule has 0 aliphatic heterocycles. The van der Waals surface area contributed by atoms with E-state index in [9.17, 15) is 0 Å². The Labute approximate surface area is 194 Å². The van der Waals surface area contributed by atoms with Gasteiger partial charge in [0.05, 0.1) is 0 Å². The lowest BCUT2D eigenvalue weighted by molar-refractivity contribution is 0.578. The van der Waals surface area contributed by atoms with E-state index in [1.807, 2.05) is 18.2 Å². The van der Waals surface area contributed by atoms with Gasteiger partial charge in [0.15, 0.2) is 0 Å². The van der Waals surface area contributed by atoms with Crippen LogP contribution in [0.1, 0.15) is 31.0 Å². The van der Waals surface area contributed by atoms with Crippen molar-refractivity contribution >= 4 is 33.3 Å². The van der Waals surface area contributed by atoms with Crippen molar-refractivity contribution in [2.24, 2.45) is 0 Å². The van der Waals surface area contributed by atoms with E-state index in [0.29, 0.717) is 0 Å². The first-order valence-electron chi connectivity index (χ1n) is 11.2. The van der Waals surface area contributed by atoms with Crippen molar-refractivity contribution in [2.75, 3.05) is 0 Å². The Morgan fingerprint density at radius 1 is 0.875 bits per heavy atom. The van der Waals surface area contributed by atoms with Crippen molar-refractivity contribution in [2.45, 2.75) is 33.0 Å². The number of nitrogens with one attached hydrogen (secondary N) is 1. The van der Waals surface area contributed by atoms with Crippen LogP contribution in [0, 0.1) is 0 Å². The van der Waals surface area contributed by atoms with Crippen molar-refractivity contribution in [3.63, 3.8) is 0 Å². The van der Waals surface area contributed by atoms with Crippen molar-refractivity contribution in [3.05, 3.63) is 107 Å². The van der Waals surface area contributed by atoms with E-state index in [1.165, 1.54) is 38.4 Å². The van der Waals surface area contributed by atoms with Crippen molar-refractivity contribution in [1.29, 1.82) is 0 Å². The summed E-state index contributed by atoms with van der Waals surface area (Å²) >= 11 is 6.29. The van der Waals surface area contributed by atoms with E-state index < -0.39 is 0 Å². The predicted octanol–water partition coefficient (Wildman–Crippen LogP) is 7.99. The average molecular weight is 439 g/mol. The van der Waals surface area contributed by atoms with Gasteiger partial charge in [0, 0.05) is 46.8 Å². The first kappa shape index (κ1) is 20.8. The number of benzene rings is 4. The Hall–Kier alpha value is -3.07. The number of aryl methyl sites for hydroxylation is 1. The minimum Gasteiger partial charge on any atom is -0.347 e. The average Bonchev–Trinajstić information content (AvgIpc) is 3.20. The summed E-state index contributed by atoms with van der Waals surface area (Å²) in [5, 5.41) is 8.37. The number of halogens is 1. The first-order valence-corrected chi connectivity index (χ1v) is 11.6. The molecule has 0 bridgehead atoms. The molecule has 0 saturated carbocycles. The van der Waals surface area contributed by atoms with Crippen LogP contribution in [-0.4, -0.2) is 4.57 Å². The second-order valence-corrected chi connectivity index (χ2v) is 8.80. The molecule has 0 aliphatic rings. The third-order valence-electron chi connectivity index (χ3n) is 6.32. The van der Waals surface area contributed by atoms with Crippen LogP contribution in [0.5, 0.6) is 0 Å². The third-order valence-corrected chi connectivity index (χ3v) is 6.56. The maximum absolute atomic E-state index is 6.29. The minimum atomic E-state index is 0.254. The molecule has 0 spiro atoms. The van der Waals surface area contributed by atoms with Crippen LogP contribution in [0.2, 0.25) is 5.02 Å². The van der Waals surface area contributed by atoms with Gasteiger partial charge in [0.25, 0.3) is 0 Å². The summed E-state index contributed by atoms with van der Waals surface area (Å²) < 4.78 is 2.31. The SMILES string of the molecule is CCn1cc(-c2cccc(Cl)c2)c2cc(CNC(C)c3cccc4ccccc34)ccc21. The van der Waals surface area contributed by atoms with E-state index in [4.69, 9.17) is 11.6 Å². The molecule has 0 radical (unpaired) electrons. The zero-order chi connectivity index (χ0) is 22.1. The number of aromatic nitrogens is 1. The van der Waals surface area contributed by atoms with Crippen LogP contribution in [0.3, 0.4) is 0 Å². The quantitative estimate of drug-likeness (QED) is 0.284. The highest BCUT2D eigenvalue weighted by atomic mass is 35.5. The molecule has 0 aliphatic carbocycles. The monoisotopic (exact) mass is 438 g/mol. The number of hydrogen-bond donors (Lipinski definition) is 1. The van der Waals surface area contributed by atoms with Crippen molar-refractivity contribution in [1.82, 2.24) is 9.88 Å². The maximum atomic E-state index is 6.29. The predicted molar refractivity (Wildman–Crippen MR) is 137 cm³/mol. The number of nitrogens with zero attached hydrogens (tertiary/aromatic N) is 1. The summed E-state index contributed by atoms with van der Waals surface area (Å²) in [6.45, 7) is 6.17. The molecule has 1 N–H and O–H groups in total. The van der Waals surface area contributed by atoms with Gasteiger partial charge in [-0.1, -0.05) is 72.3 Å². The number of rotatable bonds is 6. The summed E-state index contributed by atoms with van der Waals surface area (Å²) in [5.41, 5.74) is 6.26. The highest BCUT2D eigenvalue weighted by molar-refractivity contribution is 6.30. The van der Waals surface area contributed by atoms with Gasteiger partial charge in [-0.3, -0.25) is 0 Å². The van der Waals surface area contributed by atoms with Crippen molar-refractivity contribution < 1.29 is 0 Å². The maximum Gasteiger partial charge on any atom is 0.0486 e. The zero-order valence-corrected chi connectivity index (χ0v) is 19.2. The highest BCUT2D eigenvalue weighted by Gasteiger charge is 2.13. The van der Waals surface area contributed by atoms with Gasteiger partial charge in [-0.2, -0.15) is 0 Å². The smallest absolute Gasteiger partial charge is 0.0486 e. The van der Waals surface area contributed by atoms with Crippen LogP contribution in [0.25, 0.3) is 32.8 Å². The molecule has 1 atom stereocenters. The molecule has 0 saturated heterocycles. The number of fused-ring (bicyclic) bond motifs is 2. The van der Waals surface area contributed by atoms with E-state index in [1.54, 1.807) is 0 Å². The fraction of sp³-hybridized carbons (Fsp3) is 0.172. The Morgan fingerprint density at radius 3 is 2.53 bits per heavy atom. The van der Waals surface area contributed by atoms with Gasteiger partial charge in [0.1, 0.15) is 0 Å². The zero-order valence-electron chi connectivity index (χ0n) is 18.5. The first-order chi connectivity index (χ1) is 15.6. The summed E-state index contributed by atoms with van der Waals surface area (Å²) in [6.07, 6.45) is 2.24. The van der Waals surface area contributed by atoms with Gasteiger partial charge in [-0.15, -0.1) is 0 Å². The molecule has 3 heteroatoms. The fourth-order valence-electron chi connectivity index (χ4n) is 4.61. The molecule has 160 valence electrons. The highest BCUT2D eigenvalue weighted by Crippen LogP contribution is 2.33. The lowest BCUT2D eigenvalue weighted by Crippen LogP contribution is -2.18. The molecular weight excluding hydrogens is 412 g/mol. The van der Waals surface area contributed by atoms with E-state index in [0.717, 1.165) is 23.7 Å². The van der Waals surface area contributed by atoms with Crippen LogP contribution in [0.15, 0.2) is 91.1 Å².